The van der Waals surface area contributed by atoms with Gasteiger partial charge in [-0.1, -0.05) is 0 Å². The van der Waals surface area contributed by atoms with E-state index >= 15 is 0 Å². The predicted molar refractivity (Wildman–Crippen MR) is 135 cm³/mol. The molecule has 0 bridgehead atoms. The quantitative estimate of drug-likeness (QED) is 0.444. The molecule has 1 amide bonds. The number of amides is 1. The summed E-state index contributed by atoms with van der Waals surface area (Å²) < 4.78 is 37.4. The van der Waals surface area contributed by atoms with Gasteiger partial charge in [-0.25, -0.2) is 13.2 Å². The minimum Gasteiger partial charge on any atom is -0.497 e. The van der Waals surface area contributed by atoms with Crippen molar-refractivity contribution in [2.75, 3.05) is 30.4 Å². The highest BCUT2D eigenvalue weighted by molar-refractivity contribution is 7.92. The van der Waals surface area contributed by atoms with E-state index in [1.807, 2.05) is 0 Å². The highest BCUT2D eigenvalue weighted by Crippen LogP contribution is 2.39. The van der Waals surface area contributed by atoms with Crippen molar-refractivity contribution in [1.82, 2.24) is 0 Å². The van der Waals surface area contributed by atoms with E-state index < -0.39 is 16.0 Å². The molecule has 0 saturated heterocycles. The first-order valence-electron chi connectivity index (χ1n) is 11.1. The topological polar surface area (TPSA) is 102 Å². The van der Waals surface area contributed by atoms with Crippen LogP contribution in [-0.4, -0.2) is 41.1 Å². The minimum atomic E-state index is -3.79. The summed E-state index contributed by atoms with van der Waals surface area (Å²) >= 11 is 1.41. The normalized spacial score (nSPS) is 12.7. The molecule has 4 rings (SSSR count). The molecular weight excluding hydrogens is 488 g/mol. The number of nitrogens with one attached hydrogen (secondary N) is 1. The highest BCUT2D eigenvalue weighted by atomic mass is 32.2. The summed E-state index contributed by atoms with van der Waals surface area (Å²) in [7, 11) is -0.828. The van der Waals surface area contributed by atoms with Crippen LogP contribution in [0.3, 0.4) is 0 Å². The van der Waals surface area contributed by atoms with Crippen LogP contribution in [-0.2, 0) is 27.6 Å². The van der Waals surface area contributed by atoms with Crippen molar-refractivity contribution < 1.29 is 27.5 Å². The van der Waals surface area contributed by atoms with Gasteiger partial charge in [0.25, 0.3) is 15.9 Å². The van der Waals surface area contributed by atoms with E-state index in [1.165, 1.54) is 37.6 Å². The van der Waals surface area contributed by atoms with Crippen LogP contribution in [0.5, 0.6) is 5.75 Å². The van der Waals surface area contributed by atoms with Crippen LogP contribution < -0.4 is 14.4 Å². The number of nitrogens with zero attached hydrogens (tertiary/aromatic N) is 1. The lowest BCUT2D eigenvalue weighted by Crippen LogP contribution is -2.26. The number of ether oxygens (including phenoxy) is 2. The molecule has 1 aliphatic rings. The number of anilines is 2. The van der Waals surface area contributed by atoms with E-state index in [0.717, 1.165) is 34.0 Å². The van der Waals surface area contributed by atoms with Gasteiger partial charge in [0.15, 0.2) is 0 Å². The van der Waals surface area contributed by atoms with Crippen LogP contribution in [0.2, 0.25) is 0 Å². The van der Waals surface area contributed by atoms with Crippen molar-refractivity contribution in [3.63, 3.8) is 0 Å². The minimum absolute atomic E-state index is 0.125. The van der Waals surface area contributed by atoms with Gasteiger partial charge in [0.2, 0.25) is 0 Å². The molecule has 1 heterocycles. The van der Waals surface area contributed by atoms with Crippen LogP contribution in [0.25, 0.3) is 0 Å². The van der Waals surface area contributed by atoms with Gasteiger partial charge in [-0.3, -0.25) is 9.10 Å². The average molecular weight is 515 g/mol. The lowest BCUT2D eigenvalue weighted by molar-refractivity contribution is 0.0527. The fourth-order valence-electron chi connectivity index (χ4n) is 3.95. The maximum Gasteiger partial charge on any atom is 0.341 e. The first-order valence-corrected chi connectivity index (χ1v) is 13.4. The number of carbonyl (C=O) groups is 2. The van der Waals surface area contributed by atoms with Crippen molar-refractivity contribution >= 4 is 43.9 Å². The van der Waals surface area contributed by atoms with Crippen LogP contribution in [0.4, 0.5) is 10.7 Å². The summed E-state index contributed by atoms with van der Waals surface area (Å²) in [5.74, 6) is -0.255. The Labute approximate surface area is 208 Å². The molecule has 1 aromatic heterocycles. The van der Waals surface area contributed by atoms with E-state index in [1.54, 1.807) is 43.3 Å². The third-order valence-corrected chi connectivity index (χ3v) is 8.85. The molecule has 0 atom stereocenters. The molecule has 10 heteroatoms. The summed E-state index contributed by atoms with van der Waals surface area (Å²) in [4.78, 5) is 26.7. The van der Waals surface area contributed by atoms with E-state index in [9.17, 15) is 18.0 Å². The Morgan fingerprint density at radius 1 is 1.06 bits per heavy atom. The second-order valence-electron chi connectivity index (χ2n) is 7.93. The monoisotopic (exact) mass is 514 g/mol. The second kappa shape index (κ2) is 10.1. The number of fused-ring (bicyclic) bond motifs is 1. The Kier molecular flexibility index (Phi) is 7.13. The zero-order chi connectivity index (χ0) is 25.2. The molecule has 0 fully saturated rings. The van der Waals surface area contributed by atoms with E-state index in [-0.39, 0.29) is 17.4 Å². The molecule has 184 valence electrons. The van der Waals surface area contributed by atoms with Gasteiger partial charge >= 0.3 is 5.97 Å². The molecule has 1 aliphatic carbocycles. The Balaban J connectivity index is 1.52. The molecule has 0 saturated carbocycles. The Hall–Kier alpha value is -3.37. The number of hydrogen-bond acceptors (Lipinski definition) is 7. The maximum absolute atomic E-state index is 13.0. The Morgan fingerprint density at radius 3 is 2.37 bits per heavy atom. The number of thiophene rings is 1. The molecule has 0 radical (unpaired) electrons. The molecule has 0 spiro atoms. The number of rotatable bonds is 8. The molecule has 2 aromatic carbocycles. The summed E-state index contributed by atoms with van der Waals surface area (Å²) in [6.45, 7) is 2.00. The number of methoxy groups -OCH3 is 1. The van der Waals surface area contributed by atoms with Crippen molar-refractivity contribution in [1.29, 1.82) is 0 Å². The SMILES string of the molecule is CCOC(=O)c1c(NC(=O)c2ccc(N(C)S(=O)(=O)c3ccc(OC)cc3)cc2)sc2c1CCC2. The van der Waals surface area contributed by atoms with E-state index in [4.69, 9.17) is 9.47 Å². The Bertz CT molecular complexity index is 1350. The fourth-order valence-corrected chi connectivity index (χ4v) is 6.42. The van der Waals surface area contributed by atoms with E-state index in [2.05, 4.69) is 5.32 Å². The van der Waals surface area contributed by atoms with Crippen LogP contribution in [0.15, 0.2) is 53.4 Å². The van der Waals surface area contributed by atoms with Crippen molar-refractivity contribution in [3.8, 4) is 5.75 Å². The maximum atomic E-state index is 13.0. The molecule has 35 heavy (non-hydrogen) atoms. The van der Waals surface area contributed by atoms with Gasteiger partial charge in [-0.05, 0) is 80.3 Å². The third kappa shape index (κ3) is 4.89. The number of sulfonamides is 1. The zero-order valence-electron chi connectivity index (χ0n) is 19.7. The highest BCUT2D eigenvalue weighted by Gasteiger charge is 2.28. The van der Waals surface area contributed by atoms with E-state index in [0.29, 0.717) is 27.6 Å². The van der Waals surface area contributed by atoms with Crippen molar-refractivity contribution in [3.05, 3.63) is 70.1 Å². The lowest BCUT2D eigenvalue weighted by atomic mass is 10.1. The smallest absolute Gasteiger partial charge is 0.341 e. The fraction of sp³-hybridized carbons (Fsp3) is 0.280. The van der Waals surface area contributed by atoms with Gasteiger partial charge in [0.05, 0.1) is 29.9 Å². The first kappa shape index (κ1) is 24.7. The third-order valence-electron chi connectivity index (χ3n) is 5.84. The molecule has 1 N–H and O–H groups in total. The van der Waals surface area contributed by atoms with Crippen molar-refractivity contribution in [2.45, 2.75) is 31.1 Å². The average Bonchev–Trinajstić information content (AvgIpc) is 3.44. The molecule has 0 aliphatic heterocycles. The van der Waals surface area contributed by atoms with Gasteiger partial charge in [-0.15, -0.1) is 11.3 Å². The summed E-state index contributed by atoms with van der Waals surface area (Å²) in [5, 5.41) is 3.33. The number of hydrogen-bond donors (Lipinski definition) is 1. The largest absolute Gasteiger partial charge is 0.497 e. The predicted octanol–water partition coefficient (Wildman–Crippen LogP) is 4.50. The van der Waals surface area contributed by atoms with Crippen LogP contribution >= 0.6 is 11.3 Å². The summed E-state index contributed by atoms with van der Waals surface area (Å²) in [6, 6.07) is 12.4. The number of aryl methyl sites for hydroxylation is 1. The molecule has 8 nitrogen and oxygen atoms in total. The number of benzene rings is 2. The van der Waals surface area contributed by atoms with Gasteiger partial charge < -0.3 is 14.8 Å². The van der Waals surface area contributed by atoms with Crippen LogP contribution in [0.1, 0.15) is 44.5 Å². The lowest BCUT2D eigenvalue weighted by Gasteiger charge is -2.20. The summed E-state index contributed by atoms with van der Waals surface area (Å²) in [5.41, 5.74) is 2.15. The number of esters is 1. The molecule has 3 aromatic rings. The molecular formula is C25H26N2O6S2. The van der Waals surface area contributed by atoms with Crippen LogP contribution in [0, 0.1) is 0 Å². The standard InChI is InChI=1S/C25H26N2O6S2/c1-4-33-25(29)22-20-6-5-7-21(20)34-24(22)26-23(28)16-8-10-17(11-9-16)27(2)35(30,31)19-14-12-18(32-3)13-15-19/h8-15H,4-7H2,1-3H3,(H,26,28). The van der Waals surface area contributed by atoms with Gasteiger partial charge in [-0.2, -0.15) is 0 Å². The van der Waals surface area contributed by atoms with Gasteiger partial charge in [0, 0.05) is 17.5 Å². The van der Waals surface area contributed by atoms with Crippen molar-refractivity contribution in [2.24, 2.45) is 0 Å². The zero-order valence-corrected chi connectivity index (χ0v) is 21.3. The molecule has 0 unspecified atom stereocenters. The Morgan fingerprint density at radius 2 is 1.74 bits per heavy atom. The number of carbonyl (C=O) groups excluding carboxylic acids is 2. The van der Waals surface area contributed by atoms with Gasteiger partial charge in [0.1, 0.15) is 10.8 Å². The summed E-state index contributed by atoms with van der Waals surface area (Å²) in [6.07, 6.45) is 2.65. The second-order valence-corrected chi connectivity index (χ2v) is 11.0. The first-order chi connectivity index (χ1) is 16.8.